The zero-order valence-electron chi connectivity index (χ0n) is 12.4. The van der Waals surface area contributed by atoms with Gasteiger partial charge in [-0.15, -0.1) is 0 Å². The minimum Gasteiger partial charge on any atom is -0.344 e. The number of carbonyl (C=O) groups is 1. The summed E-state index contributed by atoms with van der Waals surface area (Å²) in [5.41, 5.74) is 2.57. The lowest BCUT2D eigenvalue weighted by molar-refractivity contribution is 0.0932. The van der Waals surface area contributed by atoms with Gasteiger partial charge < -0.3 is 9.88 Å². The van der Waals surface area contributed by atoms with Crippen LogP contribution in [0.3, 0.4) is 0 Å². The summed E-state index contributed by atoms with van der Waals surface area (Å²) in [7, 11) is 1.87. The maximum Gasteiger partial charge on any atom is 0.268 e. The van der Waals surface area contributed by atoms with Crippen molar-refractivity contribution in [3.05, 3.63) is 65.1 Å². The molecule has 22 heavy (non-hydrogen) atoms. The lowest BCUT2D eigenvalue weighted by atomic mass is 10.1. The van der Waals surface area contributed by atoms with Crippen molar-refractivity contribution in [1.29, 1.82) is 0 Å². The average Bonchev–Trinajstić information content (AvgIpc) is 2.85. The van der Waals surface area contributed by atoms with E-state index in [0.29, 0.717) is 10.7 Å². The third kappa shape index (κ3) is 2.70. The van der Waals surface area contributed by atoms with Crippen LogP contribution < -0.4 is 5.32 Å². The van der Waals surface area contributed by atoms with Gasteiger partial charge >= 0.3 is 0 Å². The minimum atomic E-state index is -0.112. The second kappa shape index (κ2) is 5.81. The zero-order valence-corrected chi connectivity index (χ0v) is 13.1. The Balaban J connectivity index is 1.88. The Morgan fingerprint density at radius 1 is 1.23 bits per heavy atom. The molecule has 2 aromatic heterocycles. The highest BCUT2D eigenvalue weighted by molar-refractivity contribution is 6.31. The zero-order chi connectivity index (χ0) is 15.7. The lowest BCUT2D eigenvalue weighted by Crippen LogP contribution is -2.28. The first-order valence-corrected chi connectivity index (χ1v) is 7.40. The quantitative estimate of drug-likeness (QED) is 0.801. The molecule has 4 nitrogen and oxygen atoms in total. The van der Waals surface area contributed by atoms with Gasteiger partial charge in [0.1, 0.15) is 5.69 Å². The standard InChI is InChI=1S/C17H16ClN3O/c1-11(12-5-7-19-8-6-12)20-17(22)16-9-13-3-4-14(18)10-15(13)21(16)2/h3-11H,1-2H3,(H,20,22)/t11-/m1/s1. The summed E-state index contributed by atoms with van der Waals surface area (Å²) in [6.45, 7) is 1.95. The number of nitrogens with zero attached hydrogens (tertiary/aromatic N) is 2. The smallest absolute Gasteiger partial charge is 0.268 e. The lowest BCUT2D eigenvalue weighted by Gasteiger charge is -2.14. The number of aromatic nitrogens is 2. The molecule has 1 aromatic carbocycles. The molecule has 2 heterocycles. The second-order valence-corrected chi connectivity index (χ2v) is 5.70. The Kier molecular flexibility index (Phi) is 3.86. The molecule has 1 N–H and O–H groups in total. The van der Waals surface area contributed by atoms with E-state index >= 15 is 0 Å². The van der Waals surface area contributed by atoms with Gasteiger partial charge in [0.25, 0.3) is 5.91 Å². The largest absolute Gasteiger partial charge is 0.344 e. The average molecular weight is 314 g/mol. The molecule has 0 saturated heterocycles. The van der Waals surface area contributed by atoms with Crippen LogP contribution in [-0.4, -0.2) is 15.5 Å². The number of aryl methyl sites for hydroxylation is 1. The third-order valence-electron chi connectivity index (χ3n) is 3.79. The highest BCUT2D eigenvalue weighted by Gasteiger charge is 2.16. The van der Waals surface area contributed by atoms with Crippen LogP contribution in [0.4, 0.5) is 0 Å². The Morgan fingerprint density at radius 3 is 2.68 bits per heavy atom. The van der Waals surface area contributed by atoms with Gasteiger partial charge in [-0.2, -0.15) is 0 Å². The molecule has 0 spiro atoms. The molecule has 5 heteroatoms. The van der Waals surface area contributed by atoms with E-state index in [1.165, 1.54) is 0 Å². The molecule has 3 rings (SSSR count). The number of rotatable bonds is 3. The van der Waals surface area contributed by atoms with Crippen molar-refractivity contribution in [3.8, 4) is 0 Å². The number of pyridine rings is 1. The fourth-order valence-corrected chi connectivity index (χ4v) is 2.69. The monoisotopic (exact) mass is 313 g/mol. The summed E-state index contributed by atoms with van der Waals surface area (Å²) in [5.74, 6) is -0.112. The Labute approximate surface area is 133 Å². The van der Waals surface area contributed by atoms with E-state index in [-0.39, 0.29) is 11.9 Å². The van der Waals surface area contributed by atoms with E-state index in [1.807, 2.05) is 54.9 Å². The summed E-state index contributed by atoms with van der Waals surface area (Å²) in [6, 6.07) is 11.2. The van der Waals surface area contributed by atoms with Gasteiger partial charge in [0.2, 0.25) is 0 Å². The minimum absolute atomic E-state index is 0.0860. The summed E-state index contributed by atoms with van der Waals surface area (Å²) < 4.78 is 1.86. The molecule has 0 unspecified atom stereocenters. The Hall–Kier alpha value is -2.33. The fraction of sp³-hybridized carbons (Fsp3) is 0.176. The van der Waals surface area contributed by atoms with E-state index in [9.17, 15) is 4.79 Å². The molecule has 0 bridgehead atoms. The molecule has 0 aliphatic carbocycles. The molecular weight excluding hydrogens is 298 g/mol. The van der Waals surface area contributed by atoms with Crippen LogP contribution >= 0.6 is 11.6 Å². The number of fused-ring (bicyclic) bond motifs is 1. The van der Waals surface area contributed by atoms with Gasteiger partial charge in [-0.25, -0.2) is 0 Å². The molecule has 1 atom stereocenters. The first-order chi connectivity index (χ1) is 10.6. The third-order valence-corrected chi connectivity index (χ3v) is 4.03. The van der Waals surface area contributed by atoms with E-state index in [0.717, 1.165) is 16.5 Å². The summed E-state index contributed by atoms with van der Waals surface area (Å²) >= 11 is 6.02. The van der Waals surface area contributed by atoms with Crippen LogP contribution in [0.2, 0.25) is 5.02 Å². The van der Waals surface area contributed by atoms with Crippen molar-refractivity contribution in [1.82, 2.24) is 14.9 Å². The van der Waals surface area contributed by atoms with Crippen molar-refractivity contribution in [3.63, 3.8) is 0 Å². The molecule has 0 aliphatic rings. The van der Waals surface area contributed by atoms with Crippen molar-refractivity contribution >= 4 is 28.4 Å². The van der Waals surface area contributed by atoms with Crippen molar-refractivity contribution in [2.24, 2.45) is 7.05 Å². The van der Waals surface area contributed by atoms with Crippen molar-refractivity contribution < 1.29 is 4.79 Å². The molecular formula is C17H16ClN3O. The Bertz CT molecular complexity index is 827. The van der Waals surface area contributed by atoms with E-state index < -0.39 is 0 Å². The predicted octanol–water partition coefficient (Wildman–Crippen LogP) is 3.72. The number of halogens is 1. The van der Waals surface area contributed by atoms with Crippen LogP contribution in [-0.2, 0) is 7.05 Å². The number of hydrogen-bond donors (Lipinski definition) is 1. The van der Waals surface area contributed by atoms with Gasteiger partial charge in [0.15, 0.2) is 0 Å². The molecule has 0 saturated carbocycles. The number of carbonyl (C=O) groups excluding carboxylic acids is 1. The van der Waals surface area contributed by atoms with Crippen LogP contribution in [0.15, 0.2) is 48.8 Å². The molecule has 1 amide bonds. The SMILES string of the molecule is C[C@@H](NC(=O)c1cc2ccc(Cl)cc2n1C)c1ccncc1. The maximum atomic E-state index is 12.5. The highest BCUT2D eigenvalue weighted by Crippen LogP contribution is 2.23. The number of nitrogens with one attached hydrogen (secondary N) is 1. The Morgan fingerprint density at radius 2 is 1.95 bits per heavy atom. The first kappa shape index (κ1) is 14.6. The summed E-state index contributed by atoms with van der Waals surface area (Å²) in [6.07, 6.45) is 3.44. The van der Waals surface area contributed by atoms with Gasteiger partial charge in [-0.05, 0) is 42.8 Å². The molecule has 3 aromatic rings. The van der Waals surface area contributed by atoms with Crippen LogP contribution in [0, 0.1) is 0 Å². The predicted molar refractivity (Wildman–Crippen MR) is 88.0 cm³/mol. The van der Waals surface area contributed by atoms with Crippen molar-refractivity contribution in [2.75, 3.05) is 0 Å². The van der Waals surface area contributed by atoms with Gasteiger partial charge in [0, 0.05) is 35.4 Å². The topological polar surface area (TPSA) is 46.9 Å². The van der Waals surface area contributed by atoms with Gasteiger partial charge in [0.05, 0.1) is 6.04 Å². The van der Waals surface area contributed by atoms with Crippen LogP contribution in [0.5, 0.6) is 0 Å². The normalized spacial score (nSPS) is 12.3. The van der Waals surface area contributed by atoms with Gasteiger partial charge in [-0.3, -0.25) is 9.78 Å². The number of hydrogen-bond acceptors (Lipinski definition) is 2. The van der Waals surface area contributed by atoms with Gasteiger partial charge in [-0.1, -0.05) is 17.7 Å². The van der Waals surface area contributed by atoms with Crippen molar-refractivity contribution in [2.45, 2.75) is 13.0 Å². The summed E-state index contributed by atoms with van der Waals surface area (Å²) in [4.78, 5) is 16.5. The molecule has 112 valence electrons. The maximum absolute atomic E-state index is 12.5. The second-order valence-electron chi connectivity index (χ2n) is 5.27. The first-order valence-electron chi connectivity index (χ1n) is 7.02. The number of amides is 1. The van der Waals surface area contributed by atoms with E-state index in [1.54, 1.807) is 12.4 Å². The summed E-state index contributed by atoms with van der Waals surface area (Å²) in [5, 5.41) is 4.66. The van der Waals surface area contributed by atoms with E-state index in [2.05, 4.69) is 10.3 Å². The fourth-order valence-electron chi connectivity index (χ4n) is 2.53. The molecule has 0 aliphatic heterocycles. The molecule has 0 radical (unpaired) electrons. The molecule has 0 fully saturated rings. The van der Waals surface area contributed by atoms with Crippen LogP contribution in [0.1, 0.15) is 29.0 Å². The van der Waals surface area contributed by atoms with E-state index in [4.69, 9.17) is 11.6 Å². The number of benzene rings is 1. The van der Waals surface area contributed by atoms with Crippen LogP contribution in [0.25, 0.3) is 10.9 Å². The highest BCUT2D eigenvalue weighted by atomic mass is 35.5.